The Morgan fingerprint density at radius 3 is 0.940 bits per heavy atom. The van der Waals surface area contributed by atoms with E-state index in [1.54, 1.807) is 20.9 Å². The van der Waals surface area contributed by atoms with E-state index in [0.717, 1.165) is 0 Å². The van der Waals surface area contributed by atoms with E-state index < -0.39 is 36.8 Å². The van der Waals surface area contributed by atoms with Gasteiger partial charge in [-0.25, -0.2) is 0 Å². The molecule has 6 heteroatoms. The van der Waals surface area contributed by atoms with Crippen molar-refractivity contribution in [1.82, 2.24) is 0 Å². The average Bonchev–Trinajstić information content (AvgIpc) is 3.84. The van der Waals surface area contributed by atoms with Crippen molar-refractivity contribution in [3.8, 4) is 19.5 Å². The minimum atomic E-state index is -2.18. The molecule has 0 saturated heterocycles. The molecule has 0 spiro atoms. The van der Waals surface area contributed by atoms with Crippen molar-refractivity contribution in [3.63, 3.8) is 0 Å². The second-order valence-electron chi connectivity index (χ2n) is 17.2. The zero-order chi connectivity index (χ0) is 36.0. The number of fused-ring (bicyclic) bond motifs is 1. The van der Waals surface area contributed by atoms with Crippen LogP contribution in [0.1, 0.15) is 153 Å². The summed E-state index contributed by atoms with van der Waals surface area (Å²) in [6, 6.07) is 10.3. The van der Waals surface area contributed by atoms with Gasteiger partial charge in [0.2, 0.25) is 0 Å². The summed E-state index contributed by atoms with van der Waals surface area (Å²) in [5, 5.41) is 0. The van der Waals surface area contributed by atoms with E-state index in [4.69, 9.17) is 0 Å². The van der Waals surface area contributed by atoms with E-state index in [-0.39, 0.29) is 0 Å². The summed E-state index contributed by atoms with van der Waals surface area (Å²) >= 11 is 4.06. The summed E-state index contributed by atoms with van der Waals surface area (Å²) in [7, 11) is 0. The summed E-state index contributed by atoms with van der Waals surface area (Å²) in [6.07, 6.45) is 31.0. The molecule has 0 saturated carbocycles. The van der Waals surface area contributed by atoms with Crippen LogP contribution >= 0.6 is 45.3 Å². The molecule has 0 atom stereocenters. The molecule has 50 heavy (non-hydrogen) atoms. The third-order valence-corrected chi connectivity index (χ3v) is 34.5. The zero-order valence-electron chi connectivity index (χ0n) is 33.5. The van der Waals surface area contributed by atoms with Gasteiger partial charge in [0.1, 0.15) is 0 Å². The number of hydrogen-bond acceptors (Lipinski definition) is 4. The van der Waals surface area contributed by atoms with Crippen molar-refractivity contribution in [2.24, 2.45) is 0 Å². The predicted molar refractivity (Wildman–Crippen MR) is 243 cm³/mol. The second kappa shape index (κ2) is 22.3. The topological polar surface area (TPSA) is 0 Å². The molecule has 0 aromatic carbocycles. The van der Waals surface area contributed by atoms with E-state index in [1.165, 1.54) is 160 Å². The van der Waals surface area contributed by atoms with Crippen LogP contribution in [0.5, 0.6) is 0 Å². The zero-order valence-corrected chi connectivity index (χ0v) is 42.5. The van der Waals surface area contributed by atoms with Gasteiger partial charge in [0.25, 0.3) is 0 Å². The van der Waals surface area contributed by atoms with Crippen LogP contribution in [0, 0.1) is 0 Å². The third-order valence-electron chi connectivity index (χ3n) is 10.3. The van der Waals surface area contributed by atoms with Crippen LogP contribution in [-0.4, -0.2) is 36.8 Å². The molecule has 4 heterocycles. The van der Waals surface area contributed by atoms with Crippen LogP contribution in [0.3, 0.4) is 0 Å². The molecule has 0 fully saturated rings. The first-order chi connectivity index (χ1) is 24.0. The van der Waals surface area contributed by atoms with Gasteiger partial charge >= 0.3 is 310 Å². The van der Waals surface area contributed by atoms with Crippen LogP contribution in [0.15, 0.2) is 24.3 Å². The summed E-state index contributed by atoms with van der Waals surface area (Å²) < 4.78 is 6.63. The summed E-state index contributed by atoms with van der Waals surface area (Å²) in [5.74, 6) is 0. The molecule has 0 unspecified atom stereocenters. The third kappa shape index (κ3) is 14.1. The Morgan fingerprint density at radius 2 is 0.640 bits per heavy atom. The number of aryl methyl sites for hydroxylation is 2. The molecular formula is C44H72S4Sn2. The molecule has 0 N–H and O–H groups in total. The van der Waals surface area contributed by atoms with Crippen molar-refractivity contribution < 1.29 is 0 Å². The molecule has 0 bridgehead atoms. The van der Waals surface area contributed by atoms with Crippen molar-refractivity contribution in [2.75, 3.05) is 0 Å². The van der Waals surface area contributed by atoms with Gasteiger partial charge in [-0.05, 0) is 0 Å². The molecule has 4 rings (SSSR count). The molecule has 0 amide bonds. The van der Waals surface area contributed by atoms with Crippen LogP contribution in [-0.2, 0) is 12.8 Å². The number of rotatable bonds is 26. The van der Waals surface area contributed by atoms with E-state index in [2.05, 4.69) is 90.4 Å². The molecule has 0 aliphatic heterocycles. The molecule has 4 aromatic heterocycles. The normalized spacial score (nSPS) is 12.6. The average molecular weight is 967 g/mol. The Bertz CT molecular complexity index is 1380. The first-order valence-electron chi connectivity index (χ1n) is 20.8. The molecule has 0 aliphatic rings. The molecular weight excluding hydrogens is 894 g/mol. The van der Waals surface area contributed by atoms with E-state index in [9.17, 15) is 0 Å². The van der Waals surface area contributed by atoms with E-state index in [1.807, 2.05) is 28.5 Å². The second-order valence-corrected chi connectivity index (χ2v) is 52.1. The van der Waals surface area contributed by atoms with Crippen LogP contribution in [0.25, 0.3) is 28.9 Å². The Hall–Kier alpha value is 0.657. The predicted octanol–water partition coefficient (Wildman–Crippen LogP) is 16.4. The van der Waals surface area contributed by atoms with E-state index >= 15 is 0 Å². The molecule has 0 aliphatic carbocycles. The minimum absolute atomic E-state index is 1.29. The maximum atomic E-state index is 2.62. The van der Waals surface area contributed by atoms with Gasteiger partial charge in [-0.2, -0.15) is 0 Å². The number of hydrogen-bond donors (Lipinski definition) is 0. The summed E-state index contributed by atoms with van der Waals surface area (Å²) in [4.78, 5) is 21.8. The van der Waals surface area contributed by atoms with Gasteiger partial charge in [-0.15, -0.1) is 0 Å². The monoisotopic (exact) mass is 968 g/mol. The van der Waals surface area contributed by atoms with Crippen LogP contribution < -0.4 is 5.79 Å². The SMILES string of the molecule is CCCCCCCCCCCCc1cc(-c2cc3sc(-c4cc(CCCCCCCCCCCC)[c]([Sn]([CH3])([CH3])[CH3])s4)cc3s2)s[c]1[Sn]([CH3])([CH3])[CH3]. The van der Waals surface area contributed by atoms with Gasteiger partial charge in [-0.1, -0.05) is 26.7 Å². The van der Waals surface area contributed by atoms with Crippen LogP contribution in [0.2, 0.25) is 29.6 Å². The van der Waals surface area contributed by atoms with Gasteiger partial charge in [0.05, 0.1) is 0 Å². The van der Waals surface area contributed by atoms with Gasteiger partial charge < -0.3 is 0 Å². The first-order valence-corrected chi connectivity index (χ1v) is 44.1. The number of unbranched alkanes of at least 4 members (excludes halogenated alkanes) is 18. The molecule has 4 aromatic rings. The first kappa shape index (κ1) is 43.4. The van der Waals surface area contributed by atoms with Gasteiger partial charge in [0.15, 0.2) is 0 Å². The molecule has 0 nitrogen and oxygen atoms in total. The summed E-state index contributed by atoms with van der Waals surface area (Å²) in [5.41, 5.74) is 3.42. The summed E-state index contributed by atoms with van der Waals surface area (Å²) in [6.45, 7) is 4.63. The molecule has 280 valence electrons. The maximum absolute atomic E-state index is 2.62. The van der Waals surface area contributed by atoms with Crippen molar-refractivity contribution >= 4 is 97.3 Å². The van der Waals surface area contributed by atoms with E-state index in [0.29, 0.717) is 0 Å². The fourth-order valence-corrected chi connectivity index (χ4v) is 26.3. The Balaban J connectivity index is 1.34. The Morgan fingerprint density at radius 1 is 0.360 bits per heavy atom. The van der Waals surface area contributed by atoms with Gasteiger partial charge in [0, 0.05) is 0 Å². The Labute approximate surface area is 333 Å². The van der Waals surface area contributed by atoms with Gasteiger partial charge in [-0.3, -0.25) is 0 Å². The van der Waals surface area contributed by atoms with Crippen LogP contribution in [0.4, 0.5) is 0 Å². The van der Waals surface area contributed by atoms with Crippen molar-refractivity contribution in [1.29, 1.82) is 0 Å². The molecule has 0 radical (unpaired) electrons. The fraction of sp³-hybridized carbons (Fsp3) is 0.682. The van der Waals surface area contributed by atoms with Crippen molar-refractivity contribution in [3.05, 3.63) is 35.4 Å². The Kier molecular flexibility index (Phi) is 19.3. The number of thiophene rings is 4. The van der Waals surface area contributed by atoms with Crippen molar-refractivity contribution in [2.45, 2.75) is 185 Å². The standard InChI is InChI=1S/C38H54S4.6CH3.2Sn/c1-3-5-7-9-11-13-15-17-19-21-23-31-25-33(39-29-31)35-27-37-38(41-35)28-36(42-37)34-26-32(30-40-34)24-22-20-18-16-14-12-10-8-6-4-2;;;;;;;;/h25-28H,3-24H2,1-2H3;6*1H3;;. The quantitative estimate of drug-likeness (QED) is 0.0435. The fourth-order valence-electron chi connectivity index (χ4n) is 7.43.